The second kappa shape index (κ2) is 12.9. The van der Waals surface area contributed by atoms with E-state index in [1.54, 1.807) is 0 Å². The van der Waals surface area contributed by atoms with Crippen LogP contribution in [0.5, 0.6) is 11.5 Å². The molecule has 0 fully saturated rings. The van der Waals surface area contributed by atoms with Gasteiger partial charge < -0.3 is 9.47 Å². The first-order chi connectivity index (χ1) is 17.3. The molecule has 3 aromatic carbocycles. The van der Waals surface area contributed by atoms with Gasteiger partial charge in [-0.1, -0.05) is 116 Å². The number of esters is 2. The third-order valence-corrected chi connectivity index (χ3v) is 6.66. The number of carbonyl (C=O) groups excluding carboxylic acids is 2. The van der Waals surface area contributed by atoms with Crippen LogP contribution < -0.4 is 9.47 Å². The third kappa shape index (κ3) is 6.87. The number of unbranched alkanes of at least 4 members (excludes halogenated alkanes) is 6. The fraction of sp³-hybridized carbons (Fsp3) is 0.500. The molecule has 0 spiro atoms. The van der Waals surface area contributed by atoms with Gasteiger partial charge in [-0.15, -0.1) is 0 Å². The van der Waals surface area contributed by atoms with Crippen LogP contribution in [-0.4, -0.2) is 11.9 Å². The summed E-state index contributed by atoms with van der Waals surface area (Å²) in [5.74, 6) is 0.672. The number of fused-ring (bicyclic) bond motifs is 2. The van der Waals surface area contributed by atoms with E-state index in [1.165, 1.54) is 0 Å². The molecule has 3 aromatic rings. The van der Waals surface area contributed by atoms with Crippen LogP contribution in [-0.2, 0) is 15.0 Å². The number of ether oxygens (including phenoxy) is 2. The number of carbonyl (C=O) groups is 2. The van der Waals surface area contributed by atoms with Crippen molar-refractivity contribution < 1.29 is 19.1 Å². The number of hydrogen-bond acceptors (Lipinski definition) is 4. The van der Waals surface area contributed by atoms with Crippen LogP contribution in [0.15, 0.2) is 42.5 Å². The van der Waals surface area contributed by atoms with Crippen molar-refractivity contribution in [2.75, 3.05) is 0 Å². The van der Waals surface area contributed by atoms with Gasteiger partial charge in [0.1, 0.15) is 11.5 Å². The lowest BCUT2D eigenvalue weighted by molar-refractivity contribution is -0.135. The second-order valence-electron chi connectivity index (χ2n) is 10.8. The molecule has 0 aliphatic heterocycles. The Labute approximate surface area is 216 Å². The van der Waals surface area contributed by atoms with Gasteiger partial charge >= 0.3 is 11.9 Å². The van der Waals surface area contributed by atoms with E-state index < -0.39 is 0 Å². The average Bonchev–Trinajstić information content (AvgIpc) is 2.85. The zero-order chi connectivity index (χ0) is 26.1. The standard InChI is InChI=1S/C32H42O4/c1-6-8-10-12-21-27(33)35-30-23-17-14-15-18-24(23)31(36-28(34)22-13-11-9-7-2)29-25(30)19-16-20-26(29)32(3,4)5/h14-20H,6-13,21-22H2,1-5H3. The van der Waals surface area contributed by atoms with Crippen molar-refractivity contribution in [2.45, 2.75) is 104 Å². The lowest BCUT2D eigenvalue weighted by Crippen LogP contribution is -2.15. The molecule has 0 N–H and O–H groups in total. The van der Waals surface area contributed by atoms with Gasteiger partial charge in [-0.05, 0) is 23.8 Å². The molecule has 0 bridgehead atoms. The van der Waals surface area contributed by atoms with Crippen molar-refractivity contribution >= 4 is 33.5 Å². The lowest BCUT2D eigenvalue weighted by atomic mass is 9.82. The highest BCUT2D eigenvalue weighted by Gasteiger charge is 2.26. The van der Waals surface area contributed by atoms with E-state index in [4.69, 9.17) is 9.47 Å². The SMILES string of the molecule is CCCCCCC(=O)Oc1c2ccccc2c(OC(=O)CCCCCC)c2c(C(C)(C)C)cccc12. The zero-order valence-electron chi connectivity index (χ0n) is 22.7. The van der Waals surface area contributed by atoms with Gasteiger partial charge in [0.05, 0.1) is 0 Å². The summed E-state index contributed by atoms with van der Waals surface area (Å²) in [7, 11) is 0. The van der Waals surface area contributed by atoms with Gasteiger partial charge in [0.15, 0.2) is 0 Å². The molecule has 0 amide bonds. The first-order valence-corrected chi connectivity index (χ1v) is 13.7. The minimum atomic E-state index is -0.223. The first-order valence-electron chi connectivity index (χ1n) is 13.7. The predicted octanol–water partition coefficient (Wildman–Crippen LogP) is 9.04. The Hall–Kier alpha value is -2.88. The average molecular weight is 491 g/mol. The molecule has 0 aromatic heterocycles. The topological polar surface area (TPSA) is 52.6 Å². The van der Waals surface area contributed by atoms with Crippen molar-refractivity contribution in [1.29, 1.82) is 0 Å². The highest BCUT2D eigenvalue weighted by molar-refractivity contribution is 6.14. The summed E-state index contributed by atoms with van der Waals surface area (Å²) >= 11 is 0. The molecule has 0 saturated heterocycles. The highest BCUT2D eigenvalue weighted by atomic mass is 16.5. The fourth-order valence-electron chi connectivity index (χ4n) is 4.71. The Morgan fingerprint density at radius 2 is 1.14 bits per heavy atom. The highest BCUT2D eigenvalue weighted by Crippen LogP contribution is 2.46. The van der Waals surface area contributed by atoms with Crippen LogP contribution in [0.2, 0.25) is 0 Å². The maximum absolute atomic E-state index is 13.0. The van der Waals surface area contributed by atoms with Gasteiger partial charge in [0, 0.05) is 34.4 Å². The van der Waals surface area contributed by atoms with Crippen LogP contribution in [0.3, 0.4) is 0 Å². The first kappa shape index (κ1) is 27.7. The van der Waals surface area contributed by atoms with Crippen molar-refractivity contribution in [1.82, 2.24) is 0 Å². The van der Waals surface area contributed by atoms with Crippen LogP contribution in [0.25, 0.3) is 21.5 Å². The van der Waals surface area contributed by atoms with E-state index >= 15 is 0 Å². The smallest absolute Gasteiger partial charge is 0.311 e. The second-order valence-corrected chi connectivity index (χ2v) is 10.8. The molecule has 0 unspecified atom stereocenters. The Morgan fingerprint density at radius 3 is 1.67 bits per heavy atom. The Morgan fingerprint density at radius 1 is 0.639 bits per heavy atom. The van der Waals surface area contributed by atoms with Crippen molar-refractivity contribution in [2.24, 2.45) is 0 Å². The molecule has 0 aliphatic rings. The van der Waals surface area contributed by atoms with Crippen molar-refractivity contribution in [3.05, 3.63) is 48.0 Å². The molecule has 0 saturated carbocycles. The molecule has 0 radical (unpaired) electrons. The van der Waals surface area contributed by atoms with E-state index in [9.17, 15) is 9.59 Å². The fourth-order valence-corrected chi connectivity index (χ4v) is 4.71. The summed E-state index contributed by atoms with van der Waals surface area (Å²) in [6.45, 7) is 10.7. The van der Waals surface area contributed by atoms with Crippen LogP contribution >= 0.6 is 0 Å². The van der Waals surface area contributed by atoms with E-state index in [-0.39, 0.29) is 17.4 Å². The van der Waals surface area contributed by atoms with E-state index in [2.05, 4.69) is 40.7 Å². The van der Waals surface area contributed by atoms with E-state index in [0.717, 1.165) is 78.5 Å². The Bertz CT molecular complexity index is 1190. The molecule has 0 heterocycles. The third-order valence-electron chi connectivity index (χ3n) is 6.66. The molecule has 4 nitrogen and oxygen atoms in total. The van der Waals surface area contributed by atoms with Gasteiger partial charge in [-0.2, -0.15) is 0 Å². The summed E-state index contributed by atoms with van der Waals surface area (Å²) in [6, 6.07) is 13.8. The summed E-state index contributed by atoms with van der Waals surface area (Å²) in [4.78, 5) is 25.8. The Kier molecular flexibility index (Phi) is 9.92. The molecule has 4 heteroatoms. The molecule has 194 valence electrons. The molecular formula is C32H42O4. The largest absolute Gasteiger partial charge is 0.425 e. The van der Waals surface area contributed by atoms with Crippen LogP contribution in [0.4, 0.5) is 0 Å². The lowest BCUT2D eigenvalue weighted by Gasteiger charge is -2.25. The van der Waals surface area contributed by atoms with Gasteiger partial charge in [0.25, 0.3) is 0 Å². The van der Waals surface area contributed by atoms with Gasteiger partial charge in [-0.25, -0.2) is 0 Å². The molecular weight excluding hydrogens is 448 g/mol. The quantitative estimate of drug-likeness (QED) is 0.110. The molecule has 0 aliphatic carbocycles. The molecule has 0 atom stereocenters. The summed E-state index contributed by atoms with van der Waals surface area (Å²) in [5, 5.41) is 3.22. The van der Waals surface area contributed by atoms with Crippen molar-refractivity contribution in [3.8, 4) is 11.5 Å². The van der Waals surface area contributed by atoms with Crippen LogP contribution in [0, 0.1) is 0 Å². The normalized spacial score (nSPS) is 11.7. The van der Waals surface area contributed by atoms with E-state index in [1.807, 2.05) is 36.4 Å². The summed E-state index contributed by atoms with van der Waals surface area (Å²) < 4.78 is 12.2. The monoisotopic (exact) mass is 490 g/mol. The van der Waals surface area contributed by atoms with Gasteiger partial charge in [-0.3, -0.25) is 9.59 Å². The number of hydrogen-bond donors (Lipinski definition) is 0. The zero-order valence-corrected chi connectivity index (χ0v) is 22.7. The molecule has 36 heavy (non-hydrogen) atoms. The van der Waals surface area contributed by atoms with Crippen molar-refractivity contribution in [3.63, 3.8) is 0 Å². The minimum absolute atomic E-state index is 0.203. The maximum atomic E-state index is 13.0. The number of rotatable bonds is 12. The van der Waals surface area contributed by atoms with E-state index in [0.29, 0.717) is 24.3 Å². The summed E-state index contributed by atoms with van der Waals surface area (Å²) in [6.07, 6.45) is 8.95. The predicted molar refractivity (Wildman–Crippen MR) is 149 cm³/mol. The molecule has 3 rings (SSSR count). The van der Waals surface area contributed by atoms with Gasteiger partial charge in [0.2, 0.25) is 0 Å². The number of benzene rings is 3. The Balaban J connectivity index is 2.12. The maximum Gasteiger partial charge on any atom is 0.311 e. The van der Waals surface area contributed by atoms with Crippen LogP contribution in [0.1, 0.15) is 104 Å². The minimum Gasteiger partial charge on any atom is -0.425 e. The summed E-state index contributed by atoms with van der Waals surface area (Å²) in [5.41, 5.74) is 0.853.